The lowest BCUT2D eigenvalue weighted by atomic mass is 10.2. The number of hydrogen-bond donors (Lipinski definition) is 1. The number of nitrogens with zero attached hydrogens (tertiary/aromatic N) is 4. The van der Waals surface area contributed by atoms with Gasteiger partial charge in [0.2, 0.25) is 0 Å². The number of ether oxygens (including phenoxy) is 2. The van der Waals surface area contributed by atoms with Gasteiger partial charge >= 0.3 is 6.01 Å². The Balaban J connectivity index is 0.00000261. The highest BCUT2D eigenvalue weighted by molar-refractivity contribution is 5.85. The van der Waals surface area contributed by atoms with Crippen molar-refractivity contribution >= 4 is 12.4 Å². The van der Waals surface area contributed by atoms with E-state index in [1.54, 1.807) is 0 Å². The molecule has 0 atom stereocenters. The van der Waals surface area contributed by atoms with Crippen LogP contribution in [0, 0.1) is 0 Å². The summed E-state index contributed by atoms with van der Waals surface area (Å²) < 4.78 is 13.2. The summed E-state index contributed by atoms with van der Waals surface area (Å²) in [6.07, 6.45) is 1.82. The molecule has 8 heteroatoms. The molecule has 2 aromatic carbocycles. The molecule has 3 aromatic rings. The van der Waals surface area contributed by atoms with Gasteiger partial charge in [0.15, 0.2) is 11.5 Å². The highest BCUT2D eigenvalue weighted by Gasteiger charge is 2.14. The first-order valence-corrected chi connectivity index (χ1v) is 8.40. The molecule has 1 aromatic heterocycles. The van der Waals surface area contributed by atoms with Crippen LogP contribution in [-0.4, -0.2) is 33.4 Å². The maximum atomic E-state index is 5.93. The monoisotopic (exact) mass is 387 g/mol. The van der Waals surface area contributed by atoms with Crippen LogP contribution in [0.1, 0.15) is 12.5 Å². The number of para-hydroxylation sites is 1. The molecule has 1 heterocycles. The van der Waals surface area contributed by atoms with Crippen molar-refractivity contribution in [3.8, 4) is 23.2 Å². The molecule has 0 bridgehead atoms. The first kappa shape index (κ1) is 20.4. The van der Waals surface area contributed by atoms with Crippen LogP contribution in [-0.2, 0) is 6.54 Å². The number of hydrogen-bond acceptors (Lipinski definition) is 6. The molecule has 0 aliphatic carbocycles. The highest BCUT2D eigenvalue weighted by Crippen LogP contribution is 2.32. The topological polar surface area (TPSA) is 74.1 Å². The fourth-order valence-corrected chi connectivity index (χ4v) is 2.41. The van der Waals surface area contributed by atoms with Gasteiger partial charge in [0.05, 0.1) is 12.3 Å². The van der Waals surface area contributed by atoms with Crippen LogP contribution in [0.4, 0.5) is 0 Å². The Hall–Kier alpha value is -2.90. The summed E-state index contributed by atoms with van der Waals surface area (Å²) >= 11 is 0. The highest BCUT2D eigenvalue weighted by atomic mass is 35.5. The average Bonchev–Trinajstić information content (AvgIpc) is 3.13. The standard InChI is InChI=1S/C19H21N5O2.ClH/c1-3-12-20-14-15-10-11-17(18(13-15)25-4-2)26-19-21-22-23-24(19)16-8-6-5-7-9-16;/h3,5-11,13,20H,1,4,12,14H2,2H3;1H. The first-order valence-electron chi connectivity index (χ1n) is 8.40. The van der Waals surface area contributed by atoms with Crippen LogP contribution in [0.25, 0.3) is 5.69 Å². The van der Waals surface area contributed by atoms with Crippen molar-refractivity contribution < 1.29 is 9.47 Å². The minimum absolute atomic E-state index is 0. The summed E-state index contributed by atoms with van der Waals surface area (Å²) in [5.74, 6) is 1.21. The van der Waals surface area contributed by atoms with Crippen LogP contribution in [0.15, 0.2) is 61.2 Å². The van der Waals surface area contributed by atoms with E-state index >= 15 is 0 Å². The van der Waals surface area contributed by atoms with Gasteiger partial charge in [-0.25, -0.2) is 0 Å². The molecule has 0 saturated carbocycles. The van der Waals surface area contributed by atoms with Gasteiger partial charge in [-0.05, 0) is 47.2 Å². The van der Waals surface area contributed by atoms with E-state index in [1.807, 2.05) is 61.5 Å². The van der Waals surface area contributed by atoms with Gasteiger partial charge in [0.25, 0.3) is 0 Å². The Morgan fingerprint density at radius 2 is 1.96 bits per heavy atom. The molecule has 0 unspecified atom stereocenters. The fraction of sp³-hybridized carbons (Fsp3) is 0.211. The van der Waals surface area contributed by atoms with Gasteiger partial charge in [-0.1, -0.05) is 35.4 Å². The molecule has 0 saturated heterocycles. The predicted octanol–water partition coefficient (Wildman–Crippen LogP) is 3.55. The van der Waals surface area contributed by atoms with Crippen molar-refractivity contribution in [2.75, 3.05) is 13.2 Å². The second-order valence-corrected chi connectivity index (χ2v) is 5.44. The Bertz CT molecular complexity index is 854. The average molecular weight is 388 g/mol. The lowest BCUT2D eigenvalue weighted by Gasteiger charge is -2.13. The number of aromatic nitrogens is 4. The zero-order chi connectivity index (χ0) is 18.2. The molecular formula is C19H22ClN5O2. The summed E-state index contributed by atoms with van der Waals surface area (Å²) in [4.78, 5) is 0. The van der Waals surface area contributed by atoms with Gasteiger partial charge in [-0.2, -0.15) is 4.68 Å². The van der Waals surface area contributed by atoms with Gasteiger partial charge in [0.1, 0.15) is 0 Å². The lowest BCUT2D eigenvalue weighted by molar-refractivity contribution is 0.315. The quantitative estimate of drug-likeness (QED) is 0.447. The molecule has 0 aliphatic heterocycles. The summed E-state index contributed by atoms with van der Waals surface area (Å²) in [7, 11) is 0. The third-order valence-corrected chi connectivity index (χ3v) is 3.57. The van der Waals surface area contributed by atoms with Gasteiger partial charge in [-0.15, -0.1) is 19.0 Å². The minimum atomic E-state index is 0. The molecular weight excluding hydrogens is 366 g/mol. The smallest absolute Gasteiger partial charge is 0.346 e. The van der Waals surface area contributed by atoms with E-state index < -0.39 is 0 Å². The van der Waals surface area contributed by atoms with Crippen molar-refractivity contribution in [2.24, 2.45) is 0 Å². The molecule has 27 heavy (non-hydrogen) atoms. The zero-order valence-corrected chi connectivity index (χ0v) is 15.9. The van der Waals surface area contributed by atoms with Crippen LogP contribution in [0.2, 0.25) is 0 Å². The van der Waals surface area contributed by atoms with E-state index in [9.17, 15) is 0 Å². The number of nitrogens with one attached hydrogen (secondary N) is 1. The van der Waals surface area contributed by atoms with Crippen molar-refractivity contribution in [1.82, 2.24) is 25.5 Å². The maximum absolute atomic E-state index is 5.93. The summed E-state index contributed by atoms with van der Waals surface area (Å²) in [5, 5.41) is 14.9. The van der Waals surface area contributed by atoms with Crippen LogP contribution in [0.5, 0.6) is 17.5 Å². The van der Waals surface area contributed by atoms with Crippen LogP contribution >= 0.6 is 12.4 Å². The van der Waals surface area contributed by atoms with Gasteiger partial charge in [-0.3, -0.25) is 0 Å². The zero-order valence-electron chi connectivity index (χ0n) is 15.0. The van der Waals surface area contributed by atoms with E-state index in [2.05, 4.69) is 27.4 Å². The third kappa shape index (κ3) is 5.29. The fourth-order valence-electron chi connectivity index (χ4n) is 2.41. The number of halogens is 1. The second kappa shape index (κ2) is 10.3. The minimum Gasteiger partial charge on any atom is -0.490 e. The van der Waals surface area contributed by atoms with E-state index in [-0.39, 0.29) is 18.4 Å². The van der Waals surface area contributed by atoms with Crippen molar-refractivity contribution in [3.05, 3.63) is 66.7 Å². The SMILES string of the molecule is C=CCNCc1ccc(Oc2nnnn2-c2ccccc2)c(OCC)c1.Cl. The van der Waals surface area contributed by atoms with Crippen molar-refractivity contribution in [1.29, 1.82) is 0 Å². The van der Waals surface area contributed by atoms with Crippen molar-refractivity contribution in [3.63, 3.8) is 0 Å². The molecule has 0 amide bonds. The molecule has 3 rings (SSSR count). The first-order chi connectivity index (χ1) is 12.8. The molecule has 7 nitrogen and oxygen atoms in total. The Labute approximate surface area is 164 Å². The van der Waals surface area contributed by atoms with E-state index in [0.29, 0.717) is 24.7 Å². The molecule has 142 valence electrons. The molecule has 0 aliphatic rings. The number of rotatable bonds is 9. The lowest BCUT2D eigenvalue weighted by Crippen LogP contribution is -2.12. The largest absolute Gasteiger partial charge is 0.490 e. The third-order valence-electron chi connectivity index (χ3n) is 3.57. The summed E-state index contributed by atoms with van der Waals surface area (Å²) in [6.45, 7) is 7.62. The van der Waals surface area contributed by atoms with Gasteiger partial charge < -0.3 is 14.8 Å². The van der Waals surface area contributed by atoms with E-state index in [4.69, 9.17) is 9.47 Å². The molecule has 0 spiro atoms. The Morgan fingerprint density at radius 1 is 1.15 bits per heavy atom. The second-order valence-electron chi connectivity index (χ2n) is 5.44. The summed E-state index contributed by atoms with van der Waals surface area (Å²) in [5.41, 5.74) is 1.90. The van der Waals surface area contributed by atoms with Gasteiger partial charge in [0, 0.05) is 13.1 Å². The number of benzene rings is 2. The molecule has 0 radical (unpaired) electrons. The molecule has 0 fully saturated rings. The normalized spacial score (nSPS) is 10.1. The van der Waals surface area contributed by atoms with Crippen LogP contribution < -0.4 is 14.8 Å². The summed E-state index contributed by atoms with van der Waals surface area (Å²) in [6, 6.07) is 15.6. The predicted molar refractivity (Wildman–Crippen MR) is 106 cm³/mol. The Kier molecular flexibility index (Phi) is 7.79. The van der Waals surface area contributed by atoms with Crippen LogP contribution in [0.3, 0.4) is 0 Å². The van der Waals surface area contributed by atoms with Crippen molar-refractivity contribution in [2.45, 2.75) is 13.5 Å². The Morgan fingerprint density at radius 3 is 2.70 bits per heavy atom. The molecule has 1 N–H and O–H groups in total. The van der Waals surface area contributed by atoms with E-state index in [1.165, 1.54) is 4.68 Å². The number of tetrazole rings is 1. The maximum Gasteiger partial charge on any atom is 0.346 e. The van der Waals surface area contributed by atoms with E-state index in [0.717, 1.165) is 17.8 Å².